The van der Waals surface area contributed by atoms with Gasteiger partial charge in [0.2, 0.25) is 0 Å². The van der Waals surface area contributed by atoms with Crippen LogP contribution in [0.15, 0.2) is 48.5 Å². The lowest BCUT2D eigenvalue weighted by molar-refractivity contribution is -0.886. The fraction of sp³-hybridized carbons (Fsp3) is 0.364. The molecule has 0 aliphatic carbocycles. The third-order valence-corrected chi connectivity index (χ3v) is 4.85. The number of benzene rings is 2. The Balaban J connectivity index is 1.91. The second kappa shape index (κ2) is 9.33. The van der Waals surface area contributed by atoms with Crippen LogP contribution in [0, 0.1) is 13.8 Å². The summed E-state index contributed by atoms with van der Waals surface area (Å²) < 4.78 is 0. The van der Waals surface area contributed by atoms with Gasteiger partial charge in [-0.3, -0.25) is 9.59 Å². The third kappa shape index (κ3) is 5.93. The molecular weight excluding hydrogens is 338 g/mol. The molecule has 27 heavy (non-hydrogen) atoms. The molecule has 0 fully saturated rings. The standard InChI is InChI=1S/C22H29N3O2/c1-16-11-12-17(2)20(13-16)23-21(26)15-24(4)18(3)22(27)25(5)14-19-9-7-6-8-10-19/h6-13,18H,14-15H2,1-5H3,(H,23,26)/p+1/t18-/m0/s1. The summed E-state index contributed by atoms with van der Waals surface area (Å²) in [5.74, 6) is -0.0672. The van der Waals surface area contributed by atoms with Gasteiger partial charge in [0.1, 0.15) is 0 Å². The van der Waals surface area contributed by atoms with Gasteiger partial charge < -0.3 is 15.1 Å². The van der Waals surface area contributed by atoms with Crippen LogP contribution in [-0.2, 0) is 16.1 Å². The van der Waals surface area contributed by atoms with Crippen molar-refractivity contribution in [3.05, 3.63) is 65.2 Å². The molecule has 0 radical (unpaired) electrons. The van der Waals surface area contributed by atoms with Gasteiger partial charge in [0.15, 0.2) is 12.6 Å². The number of aryl methyl sites for hydroxylation is 2. The molecule has 0 aliphatic rings. The topological polar surface area (TPSA) is 53.9 Å². The van der Waals surface area contributed by atoms with E-state index in [1.165, 1.54) is 0 Å². The first kappa shape index (κ1) is 20.6. The van der Waals surface area contributed by atoms with Gasteiger partial charge in [-0.25, -0.2) is 0 Å². The van der Waals surface area contributed by atoms with Crippen molar-refractivity contribution >= 4 is 17.5 Å². The van der Waals surface area contributed by atoms with E-state index in [0.717, 1.165) is 27.3 Å². The molecule has 2 rings (SSSR count). The largest absolute Gasteiger partial charge is 0.336 e. The van der Waals surface area contributed by atoms with Crippen LogP contribution in [0.3, 0.4) is 0 Å². The van der Waals surface area contributed by atoms with E-state index < -0.39 is 0 Å². The minimum Gasteiger partial charge on any atom is -0.336 e. The van der Waals surface area contributed by atoms with Crippen molar-refractivity contribution in [1.29, 1.82) is 0 Å². The van der Waals surface area contributed by atoms with Crippen LogP contribution in [0.1, 0.15) is 23.6 Å². The van der Waals surface area contributed by atoms with Gasteiger partial charge in [-0.1, -0.05) is 42.5 Å². The van der Waals surface area contributed by atoms with Gasteiger partial charge in [-0.2, -0.15) is 0 Å². The fourth-order valence-electron chi connectivity index (χ4n) is 2.95. The number of nitrogens with one attached hydrogen (secondary N) is 2. The zero-order valence-corrected chi connectivity index (χ0v) is 16.9. The Morgan fingerprint density at radius 3 is 2.44 bits per heavy atom. The van der Waals surface area contributed by atoms with E-state index in [1.807, 2.05) is 76.3 Å². The van der Waals surface area contributed by atoms with Crippen LogP contribution in [0.2, 0.25) is 0 Å². The van der Waals surface area contributed by atoms with Crippen molar-refractivity contribution in [3.8, 4) is 0 Å². The Hall–Kier alpha value is -2.66. The van der Waals surface area contributed by atoms with E-state index in [-0.39, 0.29) is 24.4 Å². The summed E-state index contributed by atoms with van der Waals surface area (Å²) in [7, 11) is 3.68. The molecule has 2 amide bonds. The number of nitrogens with zero attached hydrogens (tertiary/aromatic N) is 1. The molecule has 0 bridgehead atoms. The summed E-state index contributed by atoms with van der Waals surface area (Å²) in [5, 5.41) is 2.96. The lowest BCUT2D eigenvalue weighted by atomic mass is 10.1. The van der Waals surface area contributed by atoms with E-state index in [9.17, 15) is 9.59 Å². The molecule has 2 atom stereocenters. The van der Waals surface area contributed by atoms with E-state index in [1.54, 1.807) is 11.9 Å². The van der Waals surface area contributed by atoms with Crippen LogP contribution in [0.5, 0.6) is 0 Å². The molecule has 2 aromatic rings. The quantitative estimate of drug-likeness (QED) is 0.783. The molecule has 1 unspecified atom stereocenters. The Bertz CT molecular complexity index is 789. The molecule has 0 aromatic heterocycles. The summed E-state index contributed by atoms with van der Waals surface area (Å²) in [6.45, 7) is 6.63. The first-order valence-electron chi connectivity index (χ1n) is 9.26. The van der Waals surface area contributed by atoms with Crippen LogP contribution in [-0.4, -0.2) is 43.4 Å². The van der Waals surface area contributed by atoms with Crippen molar-refractivity contribution in [2.75, 3.05) is 26.0 Å². The van der Waals surface area contributed by atoms with E-state index in [2.05, 4.69) is 5.32 Å². The van der Waals surface area contributed by atoms with Crippen molar-refractivity contribution in [2.24, 2.45) is 0 Å². The van der Waals surface area contributed by atoms with E-state index in [4.69, 9.17) is 0 Å². The zero-order valence-electron chi connectivity index (χ0n) is 16.9. The lowest BCUT2D eigenvalue weighted by Crippen LogP contribution is -3.15. The highest BCUT2D eigenvalue weighted by molar-refractivity contribution is 5.92. The highest BCUT2D eigenvalue weighted by Gasteiger charge is 2.26. The maximum Gasteiger partial charge on any atom is 0.280 e. The fourth-order valence-corrected chi connectivity index (χ4v) is 2.95. The van der Waals surface area contributed by atoms with E-state index >= 15 is 0 Å². The first-order chi connectivity index (χ1) is 12.8. The van der Waals surface area contributed by atoms with Gasteiger partial charge in [-0.15, -0.1) is 0 Å². The number of hydrogen-bond acceptors (Lipinski definition) is 2. The van der Waals surface area contributed by atoms with Crippen LogP contribution >= 0.6 is 0 Å². The Labute approximate surface area is 162 Å². The maximum absolute atomic E-state index is 12.7. The Morgan fingerprint density at radius 2 is 1.78 bits per heavy atom. The number of hydrogen-bond donors (Lipinski definition) is 2. The van der Waals surface area contributed by atoms with E-state index in [0.29, 0.717) is 6.54 Å². The van der Waals surface area contributed by atoms with Crippen molar-refractivity contribution < 1.29 is 14.5 Å². The number of quaternary nitrogens is 1. The SMILES string of the molecule is Cc1ccc(C)c(NC(=O)C[NH+](C)[C@@H](C)C(=O)N(C)Cc2ccccc2)c1. The highest BCUT2D eigenvalue weighted by atomic mass is 16.2. The molecule has 144 valence electrons. The normalized spacial score (nSPS) is 12.9. The molecule has 2 aromatic carbocycles. The third-order valence-electron chi connectivity index (χ3n) is 4.85. The lowest BCUT2D eigenvalue weighted by Gasteiger charge is -2.25. The number of carbonyl (C=O) groups is 2. The van der Waals surface area contributed by atoms with Gasteiger partial charge in [-0.05, 0) is 43.5 Å². The number of carbonyl (C=O) groups excluding carboxylic acids is 2. The molecular formula is C22H30N3O2+. The molecule has 5 nitrogen and oxygen atoms in total. The predicted octanol–water partition coefficient (Wildman–Crippen LogP) is 1.80. The smallest absolute Gasteiger partial charge is 0.280 e. The predicted molar refractivity (Wildman–Crippen MR) is 109 cm³/mol. The molecule has 0 saturated heterocycles. The van der Waals surface area contributed by atoms with Crippen LogP contribution in [0.4, 0.5) is 5.69 Å². The molecule has 5 heteroatoms. The second-order valence-electron chi connectivity index (χ2n) is 7.29. The van der Waals surface area contributed by atoms with Gasteiger partial charge in [0, 0.05) is 19.3 Å². The summed E-state index contributed by atoms with van der Waals surface area (Å²) in [4.78, 5) is 27.7. The summed E-state index contributed by atoms with van der Waals surface area (Å²) >= 11 is 0. The first-order valence-corrected chi connectivity index (χ1v) is 9.26. The molecule has 2 N–H and O–H groups in total. The minimum absolute atomic E-state index is 0.0240. The van der Waals surface area contributed by atoms with Crippen LogP contribution < -0.4 is 10.2 Å². The second-order valence-corrected chi connectivity index (χ2v) is 7.29. The van der Waals surface area contributed by atoms with Gasteiger partial charge in [0.25, 0.3) is 11.8 Å². The number of anilines is 1. The number of likely N-dealkylation sites (N-methyl/N-ethyl adjacent to an activating group) is 2. The average molecular weight is 369 g/mol. The van der Waals surface area contributed by atoms with Gasteiger partial charge in [0.05, 0.1) is 7.05 Å². The zero-order chi connectivity index (χ0) is 20.0. The minimum atomic E-state index is -0.303. The molecule has 0 saturated carbocycles. The summed E-state index contributed by atoms with van der Waals surface area (Å²) in [6, 6.07) is 15.6. The van der Waals surface area contributed by atoms with Gasteiger partial charge >= 0.3 is 0 Å². The molecule has 0 spiro atoms. The van der Waals surface area contributed by atoms with Crippen molar-refractivity contribution in [3.63, 3.8) is 0 Å². The summed E-state index contributed by atoms with van der Waals surface area (Å²) in [6.07, 6.45) is 0. The van der Waals surface area contributed by atoms with Crippen molar-refractivity contribution in [2.45, 2.75) is 33.4 Å². The van der Waals surface area contributed by atoms with Crippen LogP contribution in [0.25, 0.3) is 0 Å². The average Bonchev–Trinajstić information content (AvgIpc) is 2.64. The summed E-state index contributed by atoms with van der Waals surface area (Å²) in [5.41, 5.74) is 4.04. The molecule has 0 aliphatic heterocycles. The molecule has 0 heterocycles. The maximum atomic E-state index is 12.7. The highest BCUT2D eigenvalue weighted by Crippen LogP contribution is 2.15. The van der Waals surface area contributed by atoms with Crippen molar-refractivity contribution in [1.82, 2.24) is 4.90 Å². The monoisotopic (exact) mass is 368 g/mol. The number of rotatable bonds is 7. The number of amides is 2. The Morgan fingerprint density at radius 1 is 1.11 bits per heavy atom. The Kier molecular flexibility index (Phi) is 7.13.